The second kappa shape index (κ2) is 6.48. The van der Waals surface area contributed by atoms with E-state index in [0.717, 1.165) is 0 Å². The van der Waals surface area contributed by atoms with E-state index in [-0.39, 0.29) is 24.6 Å². The smallest absolute Gasteiger partial charge is 0.248 e. The third-order valence-electron chi connectivity index (χ3n) is 3.52. The standard InChI is InChI=1S/C15H18BrF3N2O/c1-8(2)20-12-6-10(16)5-11(17)13(12)21-14(22)9-3-4-15(18,19)7-9/h5-6,8-9,20H,3-4,7H2,1-2H3,(H,21,22). The van der Waals surface area contributed by atoms with Gasteiger partial charge in [0.05, 0.1) is 5.69 Å². The summed E-state index contributed by atoms with van der Waals surface area (Å²) in [6, 6.07) is 2.90. The number of carbonyl (C=O) groups is 1. The van der Waals surface area contributed by atoms with Crippen LogP contribution in [-0.4, -0.2) is 17.9 Å². The van der Waals surface area contributed by atoms with E-state index in [1.807, 2.05) is 13.8 Å². The van der Waals surface area contributed by atoms with E-state index in [2.05, 4.69) is 26.6 Å². The molecule has 0 aromatic heterocycles. The first-order valence-corrected chi connectivity index (χ1v) is 7.91. The zero-order valence-electron chi connectivity index (χ0n) is 12.4. The molecule has 3 nitrogen and oxygen atoms in total. The molecule has 1 aromatic carbocycles. The fourth-order valence-electron chi connectivity index (χ4n) is 2.52. The molecule has 1 unspecified atom stereocenters. The van der Waals surface area contributed by atoms with Crippen molar-refractivity contribution < 1.29 is 18.0 Å². The van der Waals surface area contributed by atoms with Crippen LogP contribution in [0.3, 0.4) is 0 Å². The maximum absolute atomic E-state index is 14.1. The Hall–Kier alpha value is -1.24. The fraction of sp³-hybridized carbons (Fsp3) is 0.533. The van der Waals surface area contributed by atoms with Gasteiger partial charge in [-0.05, 0) is 32.4 Å². The van der Waals surface area contributed by atoms with Gasteiger partial charge in [-0.3, -0.25) is 4.79 Å². The van der Waals surface area contributed by atoms with Crippen LogP contribution in [0.5, 0.6) is 0 Å². The molecule has 0 radical (unpaired) electrons. The Kier molecular flexibility index (Phi) is 5.04. The number of halogens is 4. The maximum atomic E-state index is 14.1. The van der Waals surface area contributed by atoms with Gasteiger partial charge >= 0.3 is 0 Å². The topological polar surface area (TPSA) is 41.1 Å². The van der Waals surface area contributed by atoms with Gasteiger partial charge in [0, 0.05) is 29.3 Å². The predicted octanol–water partition coefficient (Wildman–Crippen LogP) is 4.78. The normalized spacial score (nSPS) is 20.2. The number of nitrogens with one attached hydrogen (secondary N) is 2. The number of rotatable bonds is 4. The van der Waals surface area contributed by atoms with Gasteiger partial charge in [-0.15, -0.1) is 0 Å². The highest BCUT2D eigenvalue weighted by molar-refractivity contribution is 9.10. The molecule has 0 saturated heterocycles. The Labute approximate surface area is 135 Å². The van der Waals surface area contributed by atoms with E-state index >= 15 is 0 Å². The second-order valence-electron chi connectivity index (χ2n) is 5.89. The summed E-state index contributed by atoms with van der Waals surface area (Å²) in [6.45, 7) is 3.75. The zero-order chi connectivity index (χ0) is 16.5. The van der Waals surface area contributed by atoms with Crippen molar-refractivity contribution in [3.05, 3.63) is 22.4 Å². The van der Waals surface area contributed by atoms with E-state index in [4.69, 9.17) is 0 Å². The van der Waals surface area contributed by atoms with Crippen molar-refractivity contribution >= 4 is 33.2 Å². The molecule has 1 amide bonds. The number of amides is 1. The summed E-state index contributed by atoms with van der Waals surface area (Å²) in [4.78, 5) is 12.1. The van der Waals surface area contributed by atoms with Gasteiger partial charge in [-0.2, -0.15) is 0 Å². The minimum absolute atomic E-state index is 0.00267. The molecule has 1 atom stereocenters. The Morgan fingerprint density at radius 2 is 2.09 bits per heavy atom. The maximum Gasteiger partial charge on any atom is 0.248 e. The molecule has 122 valence electrons. The van der Waals surface area contributed by atoms with Gasteiger partial charge in [0.1, 0.15) is 11.5 Å². The number of carbonyl (C=O) groups excluding carboxylic acids is 1. The van der Waals surface area contributed by atoms with Crippen molar-refractivity contribution in [3.63, 3.8) is 0 Å². The average Bonchev–Trinajstić information content (AvgIpc) is 2.73. The van der Waals surface area contributed by atoms with Crippen molar-refractivity contribution in [1.29, 1.82) is 0 Å². The number of benzene rings is 1. The number of alkyl halides is 2. The Bertz CT molecular complexity index is 578. The van der Waals surface area contributed by atoms with Crippen LogP contribution >= 0.6 is 15.9 Å². The van der Waals surface area contributed by atoms with Gasteiger partial charge in [-0.1, -0.05) is 15.9 Å². The van der Waals surface area contributed by atoms with Gasteiger partial charge in [-0.25, -0.2) is 13.2 Å². The minimum atomic E-state index is -2.81. The first kappa shape index (κ1) is 17.1. The lowest BCUT2D eigenvalue weighted by atomic mass is 10.1. The van der Waals surface area contributed by atoms with E-state index in [1.165, 1.54) is 6.07 Å². The lowest BCUT2D eigenvalue weighted by molar-refractivity contribution is -0.120. The molecule has 2 N–H and O–H groups in total. The van der Waals surface area contributed by atoms with Crippen molar-refractivity contribution in [2.45, 2.75) is 45.1 Å². The largest absolute Gasteiger partial charge is 0.381 e. The lowest BCUT2D eigenvalue weighted by Crippen LogP contribution is -2.24. The van der Waals surface area contributed by atoms with Crippen LogP contribution in [0.25, 0.3) is 0 Å². The molecule has 0 heterocycles. The summed E-state index contributed by atoms with van der Waals surface area (Å²) in [5, 5.41) is 5.49. The molecule has 1 aliphatic carbocycles. The van der Waals surface area contributed by atoms with E-state index in [1.54, 1.807) is 6.07 Å². The van der Waals surface area contributed by atoms with E-state index < -0.39 is 30.0 Å². The lowest BCUT2D eigenvalue weighted by Gasteiger charge is -2.18. The number of anilines is 2. The van der Waals surface area contributed by atoms with Crippen LogP contribution in [0.4, 0.5) is 24.5 Å². The average molecular weight is 379 g/mol. The molecule has 2 rings (SSSR count). The van der Waals surface area contributed by atoms with Crippen molar-refractivity contribution in [2.24, 2.45) is 5.92 Å². The van der Waals surface area contributed by atoms with Crippen molar-refractivity contribution in [3.8, 4) is 0 Å². The van der Waals surface area contributed by atoms with Gasteiger partial charge in [0.15, 0.2) is 0 Å². The fourth-order valence-corrected chi connectivity index (χ4v) is 2.95. The Morgan fingerprint density at radius 1 is 1.41 bits per heavy atom. The molecular weight excluding hydrogens is 361 g/mol. The third-order valence-corrected chi connectivity index (χ3v) is 3.98. The SMILES string of the molecule is CC(C)Nc1cc(Br)cc(F)c1NC(=O)C1CCC(F)(F)C1. The van der Waals surface area contributed by atoms with Crippen molar-refractivity contribution in [2.75, 3.05) is 10.6 Å². The highest BCUT2D eigenvalue weighted by Crippen LogP contribution is 2.40. The van der Waals surface area contributed by atoms with E-state index in [9.17, 15) is 18.0 Å². The molecule has 0 aliphatic heterocycles. The van der Waals surface area contributed by atoms with Crippen LogP contribution in [0.2, 0.25) is 0 Å². The van der Waals surface area contributed by atoms with Crippen LogP contribution in [0.15, 0.2) is 16.6 Å². The predicted molar refractivity (Wildman–Crippen MR) is 83.8 cm³/mol. The summed E-state index contributed by atoms with van der Waals surface area (Å²) in [5.41, 5.74) is 0.414. The van der Waals surface area contributed by atoms with Gasteiger partial charge in [0.2, 0.25) is 11.8 Å². The zero-order valence-corrected chi connectivity index (χ0v) is 13.9. The Morgan fingerprint density at radius 3 is 2.64 bits per heavy atom. The van der Waals surface area contributed by atoms with Crippen molar-refractivity contribution in [1.82, 2.24) is 0 Å². The molecule has 0 bridgehead atoms. The Balaban J connectivity index is 2.20. The first-order valence-electron chi connectivity index (χ1n) is 7.12. The third kappa shape index (κ3) is 4.15. The minimum Gasteiger partial charge on any atom is -0.381 e. The molecule has 7 heteroatoms. The van der Waals surface area contributed by atoms with E-state index in [0.29, 0.717) is 10.2 Å². The number of hydrogen-bond donors (Lipinski definition) is 2. The molecule has 1 aliphatic rings. The van der Waals surface area contributed by atoms with Crippen LogP contribution in [0, 0.1) is 11.7 Å². The second-order valence-corrected chi connectivity index (χ2v) is 6.81. The monoisotopic (exact) mass is 378 g/mol. The molecule has 0 spiro atoms. The molecule has 1 saturated carbocycles. The highest BCUT2D eigenvalue weighted by atomic mass is 79.9. The van der Waals surface area contributed by atoms with Gasteiger partial charge < -0.3 is 10.6 Å². The summed E-state index contributed by atoms with van der Waals surface area (Å²) >= 11 is 3.19. The van der Waals surface area contributed by atoms with Gasteiger partial charge in [0.25, 0.3) is 0 Å². The van der Waals surface area contributed by atoms with Crippen LogP contribution in [0.1, 0.15) is 33.1 Å². The molecule has 1 fully saturated rings. The van der Waals surface area contributed by atoms with Crippen LogP contribution in [-0.2, 0) is 4.79 Å². The molecule has 1 aromatic rings. The molecular formula is C15H18BrF3N2O. The highest BCUT2D eigenvalue weighted by Gasteiger charge is 2.42. The quantitative estimate of drug-likeness (QED) is 0.791. The summed E-state index contributed by atoms with van der Waals surface area (Å²) in [5.74, 6) is -4.77. The molecule has 22 heavy (non-hydrogen) atoms. The summed E-state index contributed by atoms with van der Waals surface area (Å²) in [6.07, 6.45) is -0.668. The van der Waals surface area contributed by atoms with Crippen LogP contribution < -0.4 is 10.6 Å². The number of hydrogen-bond acceptors (Lipinski definition) is 2. The first-order chi connectivity index (χ1) is 10.2. The summed E-state index contributed by atoms with van der Waals surface area (Å²) in [7, 11) is 0. The summed E-state index contributed by atoms with van der Waals surface area (Å²) < 4.78 is 41.1.